The Hall–Kier alpha value is -0.810. The van der Waals surface area contributed by atoms with E-state index in [2.05, 4.69) is 27.6 Å². The van der Waals surface area contributed by atoms with Gasteiger partial charge in [0.05, 0.1) is 0 Å². The first-order valence-corrected chi connectivity index (χ1v) is 6.33. The number of nitrogens with zero attached hydrogens (tertiary/aromatic N) is 1. The molecular formula is C12H9ClINO. The third-order valence-corrected chi connectivity index (χ3v) is 3.02. The summed E-state index contributed by atoms with van der Waals surface area (Å²) in [5.74, 6) is 1.81. The minimum Gasteiger partial charge on any atom is -0.439 e. The molecule has 16 heavy (non-hydrogen) atoms. The van der Waals surface area contributed by atoms with Crippen molar-refractivity contribution in [3.63, 3.8) is 0 Å². The molecule has 0 aliphatic carbocycles. The average molecular weight is 346 g/mol. The molecule has 0 radical (unpaired) electrons. The van der Waals surface area contributed by atoms with Gasteiger partial charge in [-0.15, -0.1) is 11.6 Å². The second kappa shape index (κ2) is 5.50. The van der Waals surface area contributed by atoms with Gasteiger partial charge in [-0.2, -0.15) is 0 Å². The average Bonchev–Trinajstić information content (AvgIpc) is 2.32. The molecule has 0 unspecified atom stereocenters. The van der Waals surface area contributed by atoms with Crippen LogP contribution in [0.2, 0.25) is 0 Å². The van der Waals surface area contributed by atoms with Crippen molar-refractivity contribution >= 4 is 34.2 Å². The molecule has 0 aliphatic rings. The van der Waals surface area contributed by atoms with E-state index in [9.17, 15) is 0 Å². The fourth-order valence-corrected chi connectivity index (χ4v) is 1.74. The van der Waals surface area contributed by atoms with E-state index in [1.54, 1.807) is 6.20 Å². The van der Waals surface area contributed by atoms with Crippen molar-refractivity contribution in [1.29, 1.82) is 0 Å². The van der Waals surface area contributed by atoms with Gasteiger partial charge in [0.15, 0.2) is 0 Å². The van der Waals surface area contributed by atoms with Crippen molar-refractivity contribution in [2.75, 3.05) is 0 Å². The molecule has 0 saturated heterocycles. The van der Waals surface area contributed by atoms with Crippen LogP contribution in [0.3, 0.4) is 0 Å². The number of ether oxygens (including phenoxy) is 1. The maximum Gasteiger partial charge on any atom is 0.219 e. The highest BCUT2D eigenvalue weighted by molar-refractivity contribution is 14.1. The SMILES string of the molecule is ClCc1ccnc(Oc2ccc(I)cc2)c1. The molecule has 1 aromatic carbocycles. The topological polar surface area (TPSA) is 22.1 Å². The molecule has 2 nitrogen and oxygen atoms in total. The summed E-state index contributed by atoms with van der Waals surface area (Å²) in [7, 11) is 0. The molecule has 1 aromatic heterocycles. The van der Waals surface area contributed by atoms with Crippen molar-refractivity contribution in [3.8, 4) is 11.6 Å². The fourth-order valence-electron chi connectivity index (χ4n) is 1.21. The number of aromatic nitrogens is 1. The van der Waals surface area contributed by atoms with E-state index in [0.29, 0.717) is 11.8 Å². The zero-order chi connectivity index (χ0) is 11.4. The molecular weight excluding hydrogens is 336 g/mol. The molecule has 0 amide bonds. The Labute approximate surface area is 113 Å². The highest BCUT2D eigenvalue weighted by atomic mass is 127. The lowest BCUT2D eigenvalue weighted by atomic mass is 10.3. The number of benzene rings is 1. The Kier molecular flexibility index (Phi) is 4.01. The van der Waals surface area contributed by atoms with Crippen molar-refractivity contribution in [1.82, 2.24) is 4.98 Å². The van der Waals surface area contributed by atoms with Crippen LogP contribution >= 0.6 is 34.2 Å². The third kappa shape index (κ3) is 3.09. The molecule has 0 aliphatic heterocycles. The number of alkyl halides is 1. The van der Waals surface area contributed by atoms with E-state index < -0.39 is 0 Å². The lowest BCUT2D eigenvalue weighted by Gasteiger charge is -2.05. The third-order valence-electron chi connectivity index (χ3n) is 1.99. The van der Waals surface area contributed by atoms with E-state index in [1.165, 1.54) is 3.57 Å². The monoisotopic (exact) mass is 345 g/mol. The van der Waals surface area contributed by atoms with Gasteiger partial charge in [0.1, 0.15) is 5.75 Å². The van der Waals surface area contributed by atoms with E-state index in [1.807, 2.05) is 36.4 Å². The van der Waals surface area contributed by atoms with Crippen LogP contribution in [0.5, 0.6) is 11.6 Å². The van der Waals surface area contributed by atoms with Gasteiger partial charge in [-0.05, 0) is 58.5 Å². The standard InChI is InChI=1S/C12H9ClINO/c13-8-9-5-6-15-12(7-9)16-11-3-1-10(14)2-4-11/h1-7H,8H2. The van der Waals surface area contributed by atoms with Crippen molar-refractivity contribution < 1.29 is 4.74 Å². The summed E-state index contributed by atoms with van der Waals surface area (Å²) in [6.07, 6.45) is 1.69. The molecule has 0 N–H and O–H groups in total. The Balaban J connectivity index is 2.16. The Bertz CT molecular complexity index is 473. The first-order valence-electron chi connectivity index (χ1n) is 4.72. The van der Waals surface area contributed by atoms with Crippen LogP contribution in [0, 0.1) is 3.57 Å². The predicted octanol–water partition coefficient (Wildman–Crippen LogP) is 4.22. The second-order valence-electron chi connectivity index (χ2n) is 3.19. The molecule has 82 valence electrons. The number of halogens is 2. The van der Waals surface area contributed by atoms with Crippen LogP contribution in [0.1, 0.15) is 5.56 Å². The summed E-state index contributed by atoms with van der Waals surface area (Å²) >= 11 is 7.99. The van der Waals surface area contributed by atoms with Gasteiger partial charge in [0.2, 0.25) is 5.88 Å². The Morgan fingerprint density at radius 2 is 1.94 bits per heavy atom. The van der Waals surface area contributed by atoms with Gasteiger partial charge in [-0.3, -0.25) is 0 Å². The summed E-state index contributed by atoms with van der Waals surface area (Å²) in [6.45, 7) is 0. The van der Waals surface area contributed by atoms with Crippen molar-refractivity contribution in [2.24, 2.45) is 0 Å². The van der Waals surface area contributed by atoms with E-state index >= 15 is 0 Å². The molecule has 2 rings (SSSR count). The van der Waals surface area contributed by atoms with Crippen LogP contribution < -0.4 is 4.74 Å². The zero-order valence-corrected chi connectivity index (χ0v) is 11.3. The minimum atomic E-state index is 0.464. The van der Waals surface area contributed by atoms with Crippen LogP contribution in [0.15, 0.2) is 42.6 Å². The number of hydrogen-bond acceptors (Lipinski definition) is 2. The maximum atomic E-state index is 5.74. The van der Waals surface area contributed by atoms with Crippen molar-refractivity contribution in [3.05, 3.63) is 51.7 Å². The van der Waals surface area contributed by atoms with E-state index in [4.69, 9.17) is 16.3 Å². The highest BCUT2D eigenvalue weighted by Gasteiger charge is 1.99. The largest absolute Gasteiger partial charge is 0.439 e. The number of rotatable bonds is 3. The molecule has 0 atom stereocenters. The van der Waals surface area contributed by atoms with Crippen LogP contribution in [-0.2, 0) is 5.88 Å². The Morgan fingerprint density at radius 1 is 1.19 bits per heavy atom. The summed E-state index contributed by atoms with van der Waals surface area (Å²) in [5.41, 5.74) is 0.997. The molecule has 0 spiro atoms. The summed E-state index contributed by atoms with van der Waals surface area (Å²) in [6, 6.07) is 11.5. The lowest BCUT2D eigenvalue weighted by molar-refractivity contribution is 0.462. The smallest absolute Gasteiger partial charge is 0.219 e. The van der Waals surface area contributed by atoms with Gasteiger partial charge in [0.25, 0.3) is 0 Å². The van der Waals surface area contributed by atoms with Gasteiger partial charge in [-0.25, -0.2) is 4.98 Å². The van der Waals surface area contributed by atoms with Gasteiger partial charge < -0.3 is 4.74 Å². The normalized spacial score (nSPS) is 10.1. The summed E-state index contributed by atoms with van der Waals surface area (Å²) < 4.78 is 6.78. The molecule has 1 heterocycles. The lowest BCUT2D eigenvalue weighted by Crippen LogP contribution is -1.89. The van der Waals surface area contributed by atoms with E-state index in [0.717, 1.165) is 11.3 Å². The van der Waals surface area contributed by atoms with Crippen LogP contribution in [-0.4, -0.2) is 4.98 Å². The summed E-state index contributed by atoms with van der Waals surface area (Å²) in [5, 5.41) is 0. The second-order valence-corrected chi connectivity index (χ2v) is 4.70. The minimum absolute atomic E-state index is 0.464. The van der Waals surface area contributed by atoms with E-state index in [-0.39, 0.29) is 0 Å². The van der Waals surface area contributed by atoms with Crippen LogP contribution in [0.25, 0.3) is 0 Å². The first kappa shape index (κ1) is 11.7. The first-order chi connectivity index (χ1) is 7.78. The van der Waals surface area contributed by atoms with Gasteiger partial charge in [0, 0.05) is 21.7 Å². The fraction of sp³-hybridized carbons (Fsp3) is 0.0833. The zero-order valence-electron chi connectivity index (χ0n) is 8.36. The molecule has 0 saturated carbocycles. The number of hydrogen-bond donors (Lipinski definition) is 0. The molecule has 0 bridgehead atoms. The van der Waals surface area contributed by atoms with Gasteiger partial charge in [-0.1, -0.05) is 0 Å². The maximum absolute atomic E-state index is 5.74. The summed E-state index contributed by atoms with van der Waals surface area (Å²) in [4.78, 5) is 4.12. The van der Waals surface area contributed by atoms with Crippen LogP contribution in [0.4, 0.5) is 0 Å². The highest BCUT2D eigenvalue weighted by Crippen LogP contribution is 2.21. The molecule has 4 heteroatoms. The number of pyridine rings is 1. The quantitative estimate of drug-likeness (QED) is 0.614. The van der Waals surface area contributed by atoms with Crippen molar-refractivity contribution in [2.45, 2.75) is 5.88 Å². The predicted molar refractivity (Wildman–Crippen MR) is 73.0 cm³/mol. The molecule has 0 fully saturated rings. The van der Waals surface area contributed by atoms with Gasteiger partial charge >= 0.3 is 0 Å². The molecule has 2 aromatic rings. The Morgan fingerprint density at radius 3 is 2.62 bits per heavy atom.